The second-order valence-electron chi connectivity index (χ2n) is 10.0. The number of fused-ring (bicyclic) bond motifs is 1. The SMILES string of the molecule is CC(C)c1ccc(COC(=O)N2CCN(C3CCN(C(=O)c4ccc5[nH]nnc5c4)CC3)CC2)cc1. The van der Waals surface area contributed by atoms with Gasteiger partial charge < -0.3 is 14.5 Å². The van der Waals surface area contributed by atoms with Gasteiger partial charge in [0, 0.05) is 50.9 Å². The highest BCUT2D eigenvalue weighted by atomic mass is 16.6. The Bertz CT molecular complexity index is 1190. The van der Waals surface area contributed by atoms with Crippen LogP contribution in [0.15, 0.2) is 42.5 Å². The van der Waals surface area contributed by atoms with E-state index in [0.29, 0.717) is 42.7 Å². The van der Waals surface area contributed by atoms with Crippen LogP contribution in [0.4, 0.5) is 4.79 Å². The van der Waals surface area contributed by atoms with Crippen molar-refractivity contribution in [2.75, 3.05) is 39.3 Å². The number of aromatic nitrogens is 3. The third-order valence-electron chi connectivity index (χ3n) is 7.42. The van der Waals surface area contributed by atoms with Crippen molar-refractivity contribution in [3.05, 3.63) is 59.2 Å². The van der Waals surface area contributed by atoms with E-state index in [1.165, 1.54) is 5.56 Å². The molecule has 0 unspecified atom stereocenters. The molecule has 2 saturated heterocycles. The fourth-order valence-corrected chi connectivity index (χ4v) is 5.10. The van der Waals surface area contributed by atoms with Crippen molar-refractivity contribution < 1.29 is 14.3 Å². The van der Waals surface area contributed by atoms with E-state index in [1.807, 2.05) is 29.2 Å². The lowest BCUT2D eigenvalue weighted by Crippen LogP contribution is -2.54. The number of ether oxygens (including phenoxy) is 1. The number of nitrogens with zero attached hydrogens (tertiary/aromatic N) is 5. The average molecular weight is 491 g/mol. The van der Waals surface area contributed by atoms with E-state index >= 15 is 0 Å². The Morgan fingerprint density at radius 2 is 1.69 bits per heavy atom. The molecule has 0 spiro atoms. The van der Waals surface area contributed by atoms with E-state index < -0.39 is 0 Å². The minimum Gasteiger partial charge on any atom is -0.445 e. The van der Waals surface area contributed by atoms with Crippen molar-refractivity contribution >= 4 is 23.0 Å². The molecule has 0 atom stereocenters. The minimum atomic E-state index is -0.243. The molecule has 36 heavy (non-hydrogen) atoms. The van der Waals surface area contributed by atoms with Gasteiger partial charge in [-0.05, 0) is 48.1 Å². The Hall–Kier alpha value is -3.46. The lowest BCUT2D eigenvalue weighted by molar-refractivity contribution is 0.0394. The summed E-state index contributed by atoms with van der Waals surface area (Å²) in [6, 6.07) is 14.2. The van der Waals surface area contributed by atoms with Crippen LogP contribution in [-0.4, -0.2) is 87.4 Å². The largest absolute Gasteiger partial charge is 0.445 e. The van der Waals surface area contributed by atoms with Gasteiger partial charge >= 0.3 is 6.09 Å². The van der Waals surface area contributed by atoms with Gasteiger partial charge in [-0.15, -0.1) is 5.10 Å². The third-order valence-corrected chi connectivity index (χ3v) is 7.42. The molecule has 0 radical (unpaired) electrons. The van der Waals surface area contributed by atoms with E-state index in [4.69, 9.17) is 4.74 Å². The van der Waals surface area contributed by atoms with Crippen LogP contribution < -0.4 is 0 Å². The normalized spacial score (nSPS) is 17.6. The molecule has 2 aliphatic heterocycles. The van der Waals surface area contributed by atoms with Crippen molar-refractivity contribution in [2.45, 2.75) is 45.3 Å². The Labute approximate surface area is 211 Å². The summed E-state index contributed by atoms with van der Waals surface area (Å²) in [5, 5.41) is 10.6. The van der Waals surface area contributed by atoms with Gasteiger partial charge in [0.15, 0.2) is 0 Å². The molecule has 1 N–H and O–H groups in total. The number of hydrogen-bond donors (Lipinski definition) is 1. The maximum Gasteiger partial charge on any atom is 0.410 e. The first-order chi connectivity index (χ1) is 17.5. The van der Waals surface area contributed by atoms with Crippen molar-refractivity contribution in [1.82, 2.24) is 30.1 Å². The van der Waals surface area contributed by atoms with Gasteiger partial charge in [-0.1, -0.05) is 43.3 Å². The summed E-state index contributed by atoms with van der Waals surface area (Å²) in [6.07, 6.45) is 1.64. The molecule has 2 aliphatic rings. The van der Waals surface area contributed by atoms with Crippen LogP contribution in [0.1, 0.15) is 54.1 Å². The standard InChI is InChI=1S/C27H34N6O3/c1-19(2)21-5-3-20(4-6-21)18-36-27(35)33-15-13-31(14-16-33)23-9-11-32(12-10-23)26(34)22-7-8-24-25(17-22)29-30-28-24/h3-8,17,19,23H,9-16,18H2,1-2H3,(H,28,29,30). The van der Waals surface area contributed by atoms with E-state index in [2.05, 4.69) is 46.3 Å². The fraction of sp³-hybridized carbons (Fsp3) is 0.481. The first kappa shape index (κ1) is 24.2. The first-order valence-corrected chi connectivity index (χ1v) is 12.8. The highest BCUT2D eigenvalue weighted by Gasteiger charge is 2.31. The highest BCUT2D eigenvalue weighted by Crippen LogP contribution is 2.21. The Morgan fingerprint density at radius 1 is 0.972 bits per heavy atom. The van der Waals surface area contributed by atoms with E-state index in [0.717, 1.165) is 50.1 Å². The molecule has 9 nitrogen and oxygen atoms in total. The average Bonchev–Trinajstić information content (AvgIpc) is 3.40. The molecule has 2 fully saturated rings. The molecular formula is C27H34N6O3. The molecule has 5 rings (SSSR count). The van der Waals surface area contributed by atoms with Crippen LogP contribution >= 0.6 is 0 Å². The zero-order valence-corrected chi connectivity index (χ0v) is 21.0. The molecular weight excluding hydrogens is 456 g/mol. The Kier molecular flexibility index (Phi) is 7.18. The summed E-state index contributed by atoms with van der Waals surface area (Å²) in [7, 11) is 0. The summed E-state index contributed by atoms with van der Waals surface area (Å²) >= 11 is 0. The van der Waals surface area contributed by atoms with Gasteiger partial charge in [0.05, 0.1) is 5.52 Å². The number of likely N-dealkylation sites (tertiary alicyclic amines) is 1. The molecule has 190 valence electrons. The quantitative estimate of drug-likeness (QED) is 0.587. The molecule has 3 heterocycles. The molecule has 0 bridgehead atoms. The predicted octanol–water partition coefficient (Wildman–Crippen LogP) is 3.64. The molecule has 2 amide bonds. The lowest BCUT2D eigenvalue weighted by Gasteiger charge is -2.42. The summed E-state index contributed by atoms with van der Waals surface area (Å²) in [5.41, 5.74) is 4.47. The zero-order chi connectivity index (χ0) is 25.1. The first-order valence-electron chi connectivity index (χ1n) is 12.8. The number of hydrogen-bond acceptors (Lipinski definition) is 6. The van der Waals surface area contributed by atoms with Crippen molar-refractivity contribution in [1.29, 1.82) is 0 Å². The maximum absolute atomic E-state index is 13.0. The van der Waals surface area contributed by atoms with Gasteiger partial charge in [0.1, 0.15) is 12.1 Å². The molecule has 3 aromatic rings. The second kappa shape index (κ2) is 10.7. The number of benzene rings is 2. The topological polar surface area (TPSA) is 94.7 Å². The number of aromatic amines is 1. The number of H-pyrrole nitrogens is 1. The summed E-state index contributed by atoms with van der Waals surface area (Å²) in [4.78, 5) is 31.7. The molecule has 0 aliphatic carbocycles. The van der Waals surface area contributed by atoms with Gasteiger partial charge in [0.2, 0.25) is 0 Å². The maximum atomic E-state index is 13.0. The number of rotatable bonds is 5. The van der Waals surface area contributed by atoms with Crippen LogP contribution in [0.3, 0.4) is 0 Å². The van der Waals surface area contributed by atoms with Crippen LogP contribution in [-0.2, 0) is 11.3 Å². The number of carbonyl (C=O) groups excluding carboxylic acids is 2. The number of amides is 2. The number of piperidine rings is 1. The van der Waals surface area contributed by atoms with Crippen molar-refractivity contribution in [2.24, 2.45) is 0 Å². The van der Waals surface area contributed by atoms with Crippen LogP contribution in [0, 0.1) is 0 Å². The van der Waals surface area contributed by atoms with Gasteiger partial charge in [-0.25, -0.2) is 4.79 Å². The molecule has 0 saturated carbocycles. The fourth-order valence-electron chi connectivity index (χ4n) is 5.10. The molecule has 9 heteroatoms. The van der Waals surface area contributed by atoms with Crippen LogP contribution in [0.25, 0.3) is 11.0 Å². The molecule has 2 aromatic carbocycles. The number of piperazine rings is 1. The van der Waals surface area contributed by atoms with Gasteiger partial charge in [0.25, 0.3) is 5.91 Å². The number of carbonyl (C=O) groups is 2. The van der Waals surface area contributed by atoms with E-state index in [-0.39, 0.29) is 12.0 Å². The van der Waals surface area contributed by atoms with Crippen molar-refractivity contribution in [3.8, 4) is 0 Å². The Balaban J connectivity index is 1.05. The monoisotopic (exact) mass is 490 g/mol. The Morgan fingerprint density at radius 3 is 2.39 bits per heavy atom. The minimum absolute atomic E-state index is 0.0461. The smallest absolute Gasteiger partial charge is 0.410 e. The third kappa shape index (κ3) is 5.36. The van der Waals surface area contributed by atoms with Crippen LogP contribution in [0.2, 0.25) is 0 Å². The summed E-state index contributed by atoms with van der Waals surface area (Å²) in [5.74, 6) is 0.533. The lowest BCUT2D eigenvalue weighted by atomic mass is 10.0. The van der Waals surface area contributed by atoms with Crippen LogP contribution in [0.5, 0.6) is 0 Å². The number of nitrogens with one attached hydrogen (secondary N) is 1. The van der Waals surface area contributed by atoms with E-state index in [9.17, 15) is 9.59 Å². The van der Waals surface area contributed by atoms with Gasteiger partial charge in [-0.2, -0.15) is 0 Å². The molecule has 1 aromatic heterocycles. The van der Waals surface area contributed by atoms with E-state index in [1.54, 1.807) is 11.0 Å². The zero-order valence-electron chi connectivity index (χ0n) is 21.0. The highest BCUT2D eigenvalue weighted by molar-refractivity contribution is 5.97. The predicted molar refractivity (Wildman–Crippen MR) is 137 cm³/mol. The summed E-state index contributed by atoms with van der Waals surface area (Å²) in [6.45, 7) is 9.10. The van der Waals surface area contributed by atoms with Crippen molar-refractivity contribution in [3.63, 3.8) is 0 Å². The summed E-state index contributed by atoms with van der Waals surface area (Å²) < 4.78 is 5.57. The second-order valence-corrected chi connectivity index (χ2v) is 10.0. The van der Waals surface area contributed by atoms with Gasteiger partial charge in [-0.3, -0.25) is 14.8 Å².